The van der Waals surface area contributed by atoms with E-state index in [0.717, 1.165) is 43.5 Å². The summed E-state index contributed by atoms with van der Waals surface area (Å²) in [6.07, 6.45) is 3.08. The number of nitrogens with zero attached hydrogens (tertiary/aromatic N) is 6. The Bertz CT molecular complexity index is 1450. The molecule has 10 nitrogen and oxygen atoms in total. The molecule has 2 saturated heterocycles. The predicted molar refractivity (Wildman–Crippen MR) is 130 cm³/mol. The minimum Gasteiger partial charge on any atom is -0.379 e. The monoisotopic (exact) mass is 498 g/mol. The van der Waals surface area contributed by atoms with Gasteiger partial charge in [-0.15, -0.1) is 0 Å². The van der Waals surface area contributed by atoms with Crippen LogP contribution in [0.25, 0.3) is 28.1 Å². The van der Waals surface area contributed by atoms with Crippen LogP contribution in [-0.2, 0) is 16.0 Å². The number of hydrogen-bond acceptors (Lipinski definition) is 8. The van der Waals surface area contributed by atoms with E-state index in [1.54, 1.807) is 15.3 Å². The second-order valence-electron chi connectivity index (χ2n) is 9.72. The van der Waals surface area contributed by atoms with Gasteiger partial charge in [-0.05, 0) is 44.9 Å². The number of aromatic nitrogens is 5. The number of rotatable bonds is 5. The largest absolute Gasteiger partial charge is 0.379 e. The lowest BCUT2D eigenvalue weighted by atomic mass is 10.1. The Morgan fingerprint density at radius 3 is 2.77 bits per heavy atom. The molecule has 3 aromatic heterocycles. The summed E-state index contributed by atoms with van der Waals surface area (Å²) in [6, 6.07) is 5.53. The van der Waals surface area contributed by atoms with Crippen LogP contribution in [0, 0.1) is 0 Å². The second kappa shape index (κ2) is 8.70. The van der Waals surface area contributed by atoms with Crippen LogP contribution in [0.5, 0.6) is 0 Å². The summed E-state index contributed by atoms with van der Waals surface area (Å²) in [7, 11) is 0. The highest BCUT2D eigenvalue weighted by molar-refractivity contribution is 6.31. The third-order valence-corrected chi connectivity index (χ3v) is 7.08. The van der Waals surface area contributed by atoms with Crippen molar-refractivity contribution in [3.63, 3.8) is 0 Å². The molecule has 1 atom stereocenters. The van der Waals surface area contributed by atoms with Gasteiger partial charge in [0, 0.05) is 31.2 Å². The summed E-state index contributed by atoms with van der Waals surface area (Å²) in [6.45, 7) is 8.43. The van der Waals surface area contributed by atoms with Gasteiger partial charge in [0.25, 0.3) is 11.4 Å². The van der Waals surface area contributed by atoms with Gasteiger partial charge in [0.1, 0.15) is 23.6 Å². The van der Waals surface area contributed by atoms with E-state index >= 15 is 0 Å². The molecule has 0 saturated carbocycles. The molecule has 35 heavy (non-hydrogen) atoms. The Balaban J connectivity index is 1.43. The van der Waals surface area contributed by atoms with Gasteiger partial charge in [0.15, 0.2) is 0 Å². The third-order valence-electron chi connectivity index (χ3n) is 6.85. The number of hydrogen-bond donors (Lipinski definition) is 0. The van der Waals surface area contributed by atoms with Crippen molar-refractivity contribution in [2.24, 2.45) is 0 Å². The van der Waals surface area contributed by atoms with E-state index in [2.05, 4.69) is 20.0 Å². The van der Waals surface area contributed by atoms with Crippen molar-refractivity contribution in [1.29, 1.82) is 0 Å². The van der Waals surface area contributed by atoms with Crippen molar-refractivity contribution in [2.75, 3.05) is 32.8 Å². The minimum atomic E-state index is -0.256. The first-order chi connectivity index (χ1) is 16.9. The molecule has 4 aromatic rings. The van der Waals surface area contributed by atoms with Crippen LogP contribution in [-0.4, -0.2) is 67.4 Å². The van der Waals surface area contributed by atoms with Gasteiger partial charge in [-0.2, -0.15) is 4.98 Å². The summed E-state index contributed by atoms with van der Waals surface area (Å²) >= 11 is 6.32. The lowest BCUT2D eigenvalue weighted by molar-refractivity contribution is -0.0292. The highest BCUT2D eigenvalue weighted by Crippen LogP contribution is 2.38. The fourth-order valence-corrected chi connectivity index (χ4v) is 5.13. The van der Waals surface area contributed by atoms with Gasteiger partial charge in [-0.3, -0.25) is 14.1 Å². The Kier molecular flexibility index (Phi) is 5.63. The molecule has 11 heteroatoms. The number of halogens is 1. The summed E-state index contributed by atoms with van der Waals surface area (Å²) in [4.78, 5) is 25.2. The highest BCUT2D eigenvalue weighted by atomic mass is 35.5. The summed E-state index contributed by atoms with van der Waals surface area (Å²) in [5.41, 5.74) is 1.97. The number of benzene rings is 1. The van der Waals surface area contributed by atoms with E-state index in [-0.39, 0.29) is 23.1 Å². The maximum atomic E-state index is 13.8. The molecule has 0 bridgehead atoms. The zero-order valence-corrected chi connectivity index (χ0v) is 20.5. The lowest BCUT2D eigenvalue weighted by Gasteiger charge is -2.27. The van der Waals surface area contributed by atoms with E-state index in [1.807, 2.05) is 32.0 Å². The van der Waals surface area contributed by atoms with Crippen molar-refractivity contribution >= 4 is 28.2 Å². The van der Waals surface area contributed by atoms with Crippen molar-refractivity contribution in [3.8, 4) is 11.5 Å². The average molecular weight is 499 g/mol. The van der Waals surface area contributed by atoms with E-state index in [4.69, 9.17) is 25.6 Å². The molecule has 184 valence electrons. The first kappa shape index (κ1) is 22.7. The molecule has 1 aromatic carbocycles. The molecule has 0 radical (unpaired) electrons. The smallest absolute Gasteiger partial charge is 0.277 e. The second-order valence-corrected chi connectivity index (χ2v) is 10.2. The van der Waals surface area contributed by atoms with Crippen molar-refractivity contribution < 1.29 is 14.0 Å². The van der Waals surface area contributed by atoms with Crippen molar-refractivity contribution in [1.82, 2.24) is 29.0 Å². The van der Waals surface area contributed by atoms with Gasteiger partial charge < -0.3 is 18.6 Å². The molecule has 5 heterocycles. The fourth-order valence-electron chi connectivity index (χ4n) is 4.96. The molecule has 2 aliphatic heterocycles. The third kappa shape index (κ3) is 4.14. The Morgan fingerprint density at radius 1 is 1.17 bits per heavy atom. The topological polar surface area (TPSA) is 99.9 Å². The summed E-state index contributed by atoms with van der Waals surface area (Å²) < 4.78 is 20.6. The molecule has 2 fully saturated rings. The van der Waals surface area contributed by atoms with Gasteiger partial charge in [-0.25, -0.2) is 4.98 Å². The van der Waals surface area contributed by atoms with Crippen LogP contribution < -0.4 is 5.56 Å². The molecule has 0 spiro atoms. The summed E-state index contributed by atoms with van der Waals surface area (Å²) in [5.74, 6) is 0.688. The zero-order chi connectivity index (χ0) is 24.2. The van der Waals surface area contributed by atoms with E-state index < -0.39 is 0 Å². The first-order valence-corrected chi connectivity index (χ1v) is 12.3. The maximum Gasteiger partial charge on any atom is 0.277 e. The number of imidazole rings is 1. The van der Waals surface area contributed by atoms with Crippen molar-refractivity contribution in [2.45, 2.75) is 44.9 Å². The Labute approximate surface area is 206 Å². The van der Waals surface area contributed by atoms with Gasteiger partial charge in [0.2, 0.25) is 5.82 Å². The quantitative estimate of drug-likeness (QED) is 0.413. The van der Waals surface area contributed by atoms with Gasteiger partial charge in [0.05, 0.1) is 29.8 Å². The van der Waals surface area contributed by atoms with E-state index in [0.29, 0.717) is 41.9 Å². The Morgan fingerprint density at radius 2 is 2.00 bits per heavy atom. The average Bonchev–Trinajstić information content (AvgIpc) is 3.57. The molecule has 0 aliphatic carbocycles. The highest BCUT2D eigenvalue weighted by Gasteiger charge is 2.36. The van der Waals surface area contributed by atoms with Crippen LogP contribution in [0.2, 0.25) is 5.02 Å². The Hall–Kier alpha value is -2.79. The maximum absolute atomic E-state index is 13.8. The standard InChI is InChI=1S/C24H27ClN6O4/c1-24(2)6-5-18(34-24)22-27-21(28-35-22)19-20-23(32)30(8-7-29-9-11-33-12-10-29)17-13-15(25)3-4-16(17)31(20)14-26-19/h3-4,13-14,18H,5-12H2,1-2H3. The van der Waals surface area contributed by atoms with E-state index in [9.17, 15) is 4.79 Å². The molecular formula is C24H27ClN6O4. The number of fused-ring (bicyclic) bond motifs is 3. The fraction of sp³-hybridized carbons (Fsp3) is 0.500. The van der Waals surface area contributed by atoms with Crippen LogP contribution >= 0.6 is 11.6 Å². The van der Waals surface area contributed by atoms with Crippen LogP contribution in [0.1, 0.15) is 38.7 Å². The number of morpholine rings is 1. The molecule has 2 aliphatic rings. The van der Waals surface area contributed by atoms with Crippen molar-refractivity contribution in [3.05, 3.63) is 45.8 Å². The first-order valence-electron chi connectivity index (χ1n) is 11.9. The predicted octanol–water partition coefficient (Wildman–Crippen LogP) is 3.31. The molecule has 0 N–H and O–H groups in total. The van der Waals surface area contributed by atoms with E-state index in [1.165, 1.54) is 0 Å². The SMILES string of the molecule is CC1(C)CCC(c2nc(-c3ncn4c3c(=O)n(CCN3CCOCC3)c3cc(Cl)ccc34)no2)O1. The zero-order valence-electron chi connectivity index (χ0n) is 19.7. The van der Waals surface area contributed by atoms with Gasteiger partial charge >= 0.3 is 0 Å². The molecule has 1 unspecified atom stereocenters. The van der Waals surface area contributed by atoms with Crippen LogP contribution in [0.15, 0.2) is 33.8 Å². The summed E-state index contributed by atoms with van der Waals surface area (Å²) in [5, 5.41) is 4.72. The van der Waals surface area contributed by atoms with Gasteiger partial charge in [-0.1, -0.05) is 16.8 Å². The van der Waals surface area contributed by atoms with Crippen LogP contribution in [0.3, 0.4) is 0 Å². The molecule has 6 rings (SSSR count). The lowest BCUT2D eigenvalue weighted by Crippen LogP contribution is -2.39. The molecule has 0 amide bonds. The minimum absolute atomic E-state index is 0.176. The number of ether oxygens (including phenoxy) is 2. The molecular weight excluding hydrogens is 472 g/mol. The van der Waals surface area contributed by atoms with Crippen LogP contribution in [0.4, 0.5) is 0 Å². The normalized spacial score (nSPS) is 20.8.